The Labute approximate surface area is 181 Å². The molecule has 168 valence electrons. The van der Waals surface area contributed by atoms with Crippen molar-refractivity contribution in [3.8, 4) is 11.5 Å². The molecule has 31 heavy (non-hydrogen) atoms. The number of fused-ring (bicyclic) bond motifs is 1. The van der Waals surface area contributed by atoms with E-state index in [9.17, 15) is 21.6 Å². The number of sulfonamides is 1. The average Bonchev–Trinajstić information content (AvgIpc) is 3.19. The fourth-order valence-electron chi connectivity index (χ4n) is 3.05. The number of carbonyl (C=O) groups is 1. The summed E-state index contributed by atoms with van der Waals surface area (Å²) in [5.41, 5.74) is 0.986. The standard InChI is InChI=1S/C20H24N2O7S2/c1-4-31(26,27)22(16-7-10-18-19(11-16)29-13-28-18)12-20(23)21-14(2)15-5-8-17(9-6-15)30(3,24)25/h5-11,14H,4,12-13H2,1-3H3,(H,21,23). The Morgan fingerprint density at radius 1 is 1.06 bits per heavy atom. The van der Waals surface area contributed by atoms with Crippen molar-refractivity contribution in [1.29, 1.82) is 0 Å². The number of carbonyl (C=O) groups excluding carboxylic acids is 1. The molecule has 0 saturated heterocycles. The predicted molar refractivity (Wildman–Crippen MR) is 115 cm³/mol. The summed E-state index contributed by atoms with van der Waals surface area (Å²) in [4.78, 5) is 12.8. The van der Waals surface area contributed by atoms with Crippen LogP contribution in [0.3, 0.4) is 0 Å². The van der Waals surface area contributed by atoms with E-state index in [1.165, 1.54) is 25.1 Å². The van der Waals surface area contributed by atoms with Crippen LogP contribution in [0.1, 0.15) is 25.5 Å². The number of ether oxygens (including phenoxy) is 2. The Balaban J connectivity index is 1.76. The van der Waals surface area contributed by atoms with E-state index < -0.39 is 38.4 Å². The largest absolute Gasteiger partial charge is 0.454 e. The minimum Gasteiger partial charge on any atom is -0.454 e. The van der Waals surface area contributed by atoms with Crippen molar-refractivity contribution in [1.82, 2.24) is 5.32 Å². The number of rotatable bonds is 8. The Hall–Kier alpha value is -2.79. The summed E-state index contributed by atoms with van der Waals surface area (Å²) >= 11 is 0. The summed E-state index contributed by atoms with van der Waals surface area (Å²) in [6, 6.07) is 10.4. The quantitative estimate of drug-likeness (QED) is 0.628. The van der Waals surface area contributed by atoms with Crippen molar-refractivity contribution in [2.24, 2.45) is 0 Å². The predicted octanol–water partition coefficient (Wildman–Crippen LogP) is 1.85. The molecule has 0 fully saturated rings. The van der Waals surface area contributed by atoms with Gasteiger partial charge in [0.05, 0.1) is 22.4 Å². The van der Waals surface area contributed by atoms with E-state index in [0.29, 0.717) is 22.7 Å². The first kappa shape index (κ1) is 22.9. The van der Waals surface area contributed by atoms with E-state index in [1.807, 2.05) is 0 Å². The number of anilines is 1. The normalized spacial score (nSPS) is 14.2. The lowest BCUT2D eigenvalue weighted by Gasteiger charge is -2.24. The van der Waals surface area contributed by atoms with Gasteiger partial charge < -0.3 is 14.8 Å². The van der Waals surface area contributed by atoms with Gasteiger partial charge in [0.1, 0.15) is 6.54 Å². The third-order valence-electron chi connectivity index (χ3n) is 4.82. The highest BCUT2D eigenvalue weighted by Crippen LogP contribution is 2.36. The molecular formula is C20H24N2O7S2. The Bertz CT molecular complexity index is 1180. The zero-order valence-corrected chi connectivity index (χ0v) is 19.0. The summed E-state index contributed by atoms with van der Waals surface area (Å²) < 4.78 is 60.1. The van der Waals surface area contributed by atoms with Crippen molar-refractivity contribution in [3.05, 3.63) is 48.0 Å². The van der Waals surface area contributed by atoms with Gasteiger partial charge in [0.25, 0.3) is 0 Å². The van der Waals surface area contributed by atoms with E-state index in [1.54, 1.807) is 31.2 Å². The zero-order valence-electron chi connectivity index (χ0n) is 17.4. The second kappa shape index (κ2) is 8.75. The van der Waals surface area contributed by atoms with E-state index >= 15 is 0 Å². The molecule has 0 spiro atoms. The molecule has 1 unspecified atom stereocenters. The van der Waals surface area contributed by atoms with Crippen LogP contribution in [0.4, 0.5) is 5.69 Å². The van der Waals surface area contributed by atoms with Crippen LogP contribution in [0.15, 0.2) is 47.4 Å². The average molecular weight is 469 g/mol. The van der Waals surface area contributed by atoms with Crippen LogP contribution in [0.2, 0.25) is 0 Å². The van der Waals surface area contributed by atoms with Crippen LogP contribution < -0.4 is 19.1 Å². The van der Waals surface area contributed by atoms with Crippen LogP contribution >= 0.6 is 0 Å². The number of benzene rings is 2. The summed E-state index contributed by atoms with van der Waals surface area (Å²) in [5, 5.41) is 2.75. The molecule has 9 nitrogen and oxygen atoms in total. The Kier molecular flexibility index (Phi) is 6.46. The third kappa shape index (κ3) is 5.28. The lowest BCUT2D eigenvalue weighted by Crippen LogP contribution is -2.42. The molecular weight excluding hydrogens is 444 g/mol. The van der Waals surface area contributed by atoms with Crippen LogP contribution in [0.5, 0.6) is 11.5 Å². The lowest BCUT2D eigenvalue weighted by atomic mass is 10.1. The van der Waals surface area contributed by atoms with Gasteiger partial charge in [0.15, 0.2) is 21.3 Å². The fraction of sp³-hybridized carbons (Fsp3) is 0.350. The van der Waals surface area contributed by atoms with Gasteiger partial charge in [-0.05, 0) is 43.7 Å². The second-order valence-corrected chi connectivity index (χ2v) is 11.3. The molecule has 1 aliphatic rings. The lowest BCUT2D eigenvalue weighted by molar-refractivity contribution is -0.120. The van der Waals surface area contributed by atoms with Crippen molar-refractivity contribution in [2.45, 2.75) is 24.8 Å². The van der Waals surface area contributed by atoms with Gasteiger partial charge in [0.2, 0.25) is 22.7 Å². The number of hydrogen-bond donors (Lipinski definition) is 1. The highest BCUT2D eigenvalue weighted by Gasteiger charge is 2.26. The van der Waals surface area contributed by atoms with Gasteiger partial charge in [-0.1, -0.05) is 12.1 Å². The molecule has 11 heteroatoms. The molecule has 0 radical (unpaired) electrons. The monoisotopic (exact) mass is 468 g/mol. The van der Waals surface area contributed by atoms with E-state index in [4.69, 9.17) is 9.47 Å². The van der Waals surface area contributed by atoms with Gasteiger partial charge in [-0.25, -0.2) is 16.8 Å². The summed E-state index contributed by atoms with van der Waals surface area (Å²) in [5.74, 6) is 0.230. The van der Waals surface area contributed by atoms with Crippen LogP contribution in [-0.2, 0) is 24.7 Å². The van der Waals surface area contributed by atoms with Crippen molar-refractivity contribution >= 4 is 31.5 Å². The van der Waals surface area contributed by atoms with Crippen LogP contribution in [0, 0.1) is 0 Å². The fourth-order valence-corrected chi connectivity index (χ4v) is 4.74. The van der Waals surface area contributed by atoms with Gasteiger partial charge in [0, 0.05) is 12.3 Å². The first-order valence-corrected chi connectivity index (χ1v) is 13.0. The minimum absolute atomic E-state index is 0.0510. The molecule has 0 aromatic heterocycles. The maximum atomic E-state index is 12.7. The summed E-state index contributed by atoms with van der Waals surface area (Å²) in [7, 11) is -7.06. The Morgan fingerprint density at radius 2 is 1.71 bits per heavy atom. The van der Waals surface area contributed by atoms with E-state index in [2.05, 4.69) is 5.32 Å². The van der Waals surface area contributed by atoms with E-state index in [0.717, 1.165) is 10.6 Å². The highest BCUT2D eigenvalue weighted by molar-refractivity contribution is 7.92. The number of sulfone groups is 1. The van der Waals surface area contributed by atoms with Crippen LogP contribution in [0.25, 0.3) is 0 Å². The molecule has 1 amide bonds. The van der Waals surface area contributed by atoms with Gasteiger partial charge in [-0.3, -0.25) is 9.10 Å². The minimum atomic E-state index is -3.74. The first-order valence-electron chi connectivity index (χ1n) is 9.50. The van der Waals surface area contributed by atoms with Crippen LogP contribution in [-0.4, -0.2) is 48.1 Å². The van der Waals surface area contributed by atoms with Crippen molar-refractivity contribution in [3.63, 3.8) is 0 Å². The topological polar surface area (TPSA) is 119 Å². The summed E-state index contributed by atoms with van der Waals surface area (Å²) in [6.45, 7) is 2.86. The molecule has 0 aliphatic carbocycles. The van der Waals surface area contributed by atoms with E-state index in [-0.39, 0.29) is 17.4 Å². The van der Waals surface area contributed by atoms with Crippen molar-refractivity contribution in [2.75, 3.05) is 29.7 Å². The molecule has 2 aromatic rings. The van der Waals surface area contributed by atoms with Crippen molar-refractivity contribution < 1.29 is 31.1 Å². The number of nitrogens with one attached hydrogen (secondary N) is 1. The van der Waals surface area contributed by atoms with Gasteiger partial charge in [-0.15, -0.1) is 0 Å². The van der Waals surface area contributed by atoms with Gasteiger partial charge in [-0.2, -0.15) is 0 Å². The molecule has 2 aromatic carbocycles. The summed E-state index contributed by atoms with van der Waals surface area (Å²) in [6.07, 6.45) is 1.12. The molecule has 3 rings (SSSR count). The highest BCUT2D eigenvalue weighted by atomic mass is 32.2. The Morgan fingerprint density at radius 3 is 2.32 bits per heavy atom. The molecule has 1 atom stereocenters. The molecule has 0 saturated carbocycles. The number of amides is 1. The SMILES string of the molecule is CCS(=O)(=O)N(CC(=O)NC(C)c1ccc(S(C)(=O)=O)cc1)c1ccc2c(c1)OCO2. The molecule has 1 heterocycles. The first-order chi connectivity index (χ1) is 14.5. The number of nitrogens with zero attached hydrogens (tertiary/aromatic N) is 1. The molecule has 0 bridgehead atoms. The smallest absolute Gasteiger partial charge is 0.241 e. The molecule has 1 aliphatic heterocycles. The second-order valence-electron chi connectivity index (χ2n) is 7.08. The maximum absolute atomic E-state index is 12.7. The number of hydrogen-bond acceptors (Lipinski definition) is 7. The third-order valence-corrected chi connectivity index (χ3v) is 7.69. The zero-order chi connectivity index (χ0) is 22.8. The maximum Gasteiger partial charge on any atom is 0.241 e. The molecule has 1 N–H and O–H groups in total. The van der Waals surface area contributed by atoms with Gasteiger partial charge >= 0.3 is 0 Å².